The number of nitrogens with zero attached hydrogens (tertiary/aromatic N) is 2. The molecule has 5 nitrogen and oxygen atoms in total. The fourth-order valence-corrected chi connectivity index (χ4v) is 2.31. The number of carbonyl (C=O) groups is 1. The second-order valence-corrected chi connectivity index (χ2v) is 4.25. The number of aliphatic imine (C=N–C) groups is 1. The third-order valence-electron chi connectivity index (χ3n) is 3.11. The molecule has 1 amide bonds. The van der Waals surface area contributed by atoms with Crippen LogP contribution in [0.15, 0.2) is 17.1 Å². The van der Waals surface area contributed by atoms with Crippen molar-refractivity contribution in [1.82, 2.24) is 4.90 Å². The Labute approximate surface area is 99.1 Å². The predicted molar refractivity (Wildman–Crippen MR) is 64.2 cm³/mol. The van der Waals surface area contributed by atoms with E-state index in [1.807, 2.05) is 24.0 Å². The zero-order valence-corrected chi connectivity index (χ0v) is 9.78. The van der Waals surface area contributed by atoms with Gasteiger partial charge in [0.05, 0.1) is 13.7 Å². The number of guanidine groups is 1. The van der Waals surface area contributed by atoms with Crippen molar-refractivity contribution in [3.8, 4) is 5.75 Å². The van der Waals surface area contributed by atoms with Crippen molar-refractivity contribution < 1.29 is 9.53 Å². The van der Waals surface area contributed by atoms with E-state index < -0.39 is 0 Å². The number of anilines is 1. The molecule has 0 bridgehead atoms. The fourth-order valence-electron chi connectivity index (χ4n) is 2.31. The lowest BCUT2D eigenvalue weighted by atomic mass is 10.1. The van der Waals surface area contributed by atoms with E-state index in [-0.39, 0.29) is 5.91 Å². The van der Waals surface area contributed by atoms with Crippen LogP contribution in [0.25, 0.3) is 0 Å². The second kappa shape index (κ2) is 3.48. The Morgan fingerprint density at radius 3 is 3.00 bits per heavy atom. The monoisotopic (exact) mass is 231 g/mol. The maximum atomic E-state index is 11.3. The van der Waals surface area contributed by atoms with E-state index in [4.69, 9.17) is 4.74 Å². The van der Waals surface area contributed by atoms with Gasteiger partial charge in [-0.2, -0.15) is 4.99 Å². The molecule has 1 aromatic carbocycles. The van der Waals surface area contributed by atoms with Crippen molar-refractivity contribution in [3.05, 3.63) is 23.3 Å². The molecule has 0 unspecified atom stereocenters. The molecule has 0 saturated carbocycles. The Morgan fingerprint density at radius 1 is 1.41 bits per heavy atom. The number of carbonyl (C=O) groups excluding carboxylic acids is 1. The molecule has 0 aliphatic carbocycles. The lowest BCUT2D eigenvalue weighted by Gasteiger charge is -2.29. The third-order valence-corrected chi connectivity index (χ3v) is 3.11. The SMILES string of the molecule is COc1c(C)ccc2c1CN1CC(=O)N=C1N2. The Hall–Kier alpha value is -2.04. The normalized spacial score (nSPS) is 17.2. The van der Waals surface area contributed by atoms with Crippen LogP contribution in [-0.2, 0) is 11.3 Å². The first-order valence-corrected chi connectivity index (χ1v) is 5.49. The lowest BCUT2D eigenvalue weighted by Crippen LogP contribution is -2.37. The second-order valence-electron chi connectivity index (χ2n) is 4.25. The zero-order valence-electron chi connectivity index (χ0n) is 9.78. The molecule has 2 heterocycles. The van der Waals surface area contributed by atoms with Crippen molar-refractivity contribution in [1.29, 1.82) is 0 Å². The number of hydrogen-bond donors (Lipinski definition) is 1. The summed E-state index contributed by atoms with van der Waals surface area (Å²) in [4.78, 5) is 17.1. The van der Waals surface area contributed by atoms with E-state index in [0.29, 0.717) is 19.0 Å². The Kier molecular flexibility index (Phi) is 2.07. The molecule has 17 heavy (non-hydrogen) atoms. The van der Waals surface area contributed by atoms with Crippen LogP contribution >= 0.6 is 0 Å². The molecule has 1 aromatic rings. The first-order chi connectivity index (χ1) is 8.19. The topological polar surface area (TPSA) is 53.9 Å². The summed E-state index contributed by atoms with van der Waals surface area (Å²) in [6.45, 7) is 3.02. The summed E-state index contributed by atoms with van der Waals surface area (Å²) >= 11 is 0. The number of ether oxygens (including phenoxy) is 1. The molecule has 0 atom stereocenters. The van der Waals surface area contributed by atoms with Crippen LogP contribution in [0.1, 0.15) is 11.1 Å². The van der Waals surface area contributed by atoms with Crippen molar-refractivity contribution >= 4 is 17.6 Å². The van der Waals surface area contributed by atoms with Gasteiger partial charge < -0.3 is 15.0 Å². The number of nitrogens with one attached hydrogen (secondary N) is 1. The van der Waals surface area contributed by atoms with E-state index in [2.05, 4.69) is 10.3 Å². The van der Waals surface area contributed by atoms with Gasteiger partial charge in [0.15, 0.2) is 0 Å². The smallest absolute Gasteiger partial charge is 0.268 e. The van der Waals surface area contributed by atoms with Gasteiger partial charge in [0.1, 0.15) is 12.3 Å². The number of hydrogen-bond acceptors (Lipinski definition) is 4. The number of benzene rings is 1. The highest BCUT2D eigenvalue weighted by molar-refractivity contribution is 6.08. The minimum absolute atomic E-state index is 0.101. The molecule has 3 rings (SSSR count). The molecule has 0 radical (unpaired) electrons. The van der Waals surface area contributed by atoms with Crippen LogP contribution in [0.5, 0.6) is 5.75 Å². The van der Waals surface area contributed by atoms with E-state index in [1.54, 1.807) is 7.11 Å². The van der Waals surface area contributed by atoms with Crippen molar-refractivity contribution in [2.24, 2.45) is 4.99 Å². The lowest BCUT2D eigenvalue weighted by molar-refractivity contribution is -0.117. The molecule has 0 aromatic heterocycles. The van der Waals surface area contributed by atoms with Crippen LogP contribution < -0.4 is 10.1 Å². The molecule has 0 fully saturated rings. The average molecular weight is 231 g/mol. The number of aryl methyl sites for hydroxylation is 1. The van der Waals surface area contributed by atoms with Gasteiger partial charge in [0.25, 0.3) is 5.91 Å². The zero-order chi connectivity index (χ0) is 12.0. The molecule has 0 spiro atoms. The third kappa shape index (κ3) is 1.46. The highest BCUT2D eigenvalue weighted by Crippen LogP contribution is 2.34. The van der Waals surface area contributed by atoms with Crippen LogP contribution in [-0.4, -0.2) is 30.4 Å². The van der Waals surface area contributed by atoms with Gasteiger partial charge >= 0.3 is 0 Å². The molecule has 2 aliphatic heterocycles. The quantitative estimate of drug-likeness (QED) is 0.787. The number of amides is 1. The molecule has 88 valence electrons. The van der Waals surface area contributed by atoms with Crippen molar-refractivity contribution in [3.63, 3.8) is 0 Å². The maximum Gasteiger partial charge on any atom is 0.268 e. The highest BCUT2D eigenvalue weighted by atomic mass is 16.5. The largest absolute Gasteiger partial charge is 0.496 e. The number of fused-ring (bicyclic) bond motifs is 2. The summed E-state index contributed by atoms with van der Waals surface area (Å²) in [7, 11) is 1.67. The Balaban J connectivity index is 2.07. The number of methoxy groups -OCH3 is 1. The molecule has 2 aliphatic rings. The van der Waals surface area contributed by atoms with Crippen LogP contribution in [0.2, 0.25) is 0 Å². The first kappa shape index (κ1) is 10.1. The standard InChI is InChI=1S/C12H13N3O2/c1-7-3-4-9-8(11(7)17-2)5-15-6-10(16)14-12(15)13-9/h3-4H,5-6H2,1-2H3,(H,13,14,16). The summed E-state index contributed by atoms with van der Waals surface area (Å²) in [5.74, 6) is 1.43. The average Bonchev–Trinajstić information content (AvgIpc) is 2.65. The van der Waals surface area contributed by atoms with E-state index in [0.717, 1.165) is 22.6 Å². The Morgan fingerprint density at radius 2 is 2.24 bits per heavy atom. The molecule has 5 heteroatoms. The summed E-state index contributed by atoms with van der Waals surface area (Å²) in [6, 6.07) is 3.99. The van der Waals surface area contributed by atoms with Crippen LogP contribution in [0, 0.1) is 6.92 Å². The van der Waals surface area contributed by atoms with Crippen LogP contribution in [0.3, 0.4) is 0 Å². The van der Waals surface area contributed by atoms with Gasteiger partial charge in [0, 0.05) is 11.3 Å². The van der Waals surface area contributed by atoms with E-state index in [1.165, 1.54) is 0 Å². The van der Waals surface area contributed by atoms with Gasteiger partial charge in [-0.1, -0.05) is 6.07 Å². The summed E-state index contributed by atoms with van der Waals surface area (Å²) in [6.07, 6.45) is 0. The summed E-state index contributed by atoms with van der Waals surface area (Å²) < 4.78 is 5.43. The van der Waals surface area contributed by atoms with Gasteiger partial charge in [0.2, 0.25) is 5.96 Å². The molecule has 0 saturated heterocycles. The summed E-state index contributed by atoms with van der Waals surface area (Å²) in [5.41, 5.74) is 3.15. The Bertz CT molecular complexity index is 537. The minimum Gasteiger partial charge on any atom is -0.496 e. The fraction of sp³-hybridized carbons (Fsp3) is 0.333. The van der Waals surface area contributed by atoms with Crippen molar-refractivity contribution in [2.75, 3.05) is 19.0 Å². The summed E-state index contributed by atoms with van der Waals surface area (Å²) in [5, 5.41) is 3.17. The van der Waals surface area contributed by atoms with Gasteiger partial charge in [-0.05, 0) is 18.6 Å². The maximum absolute atomic E-state index is 11.3. The molecule has 1 N–H and O–H groups in total. The van der Waals surface area contributed by atoms with Gasteiger partial charge in [-0.3, -0.25) is 4.79 Å². The highest BCUT2D eigenvalue weighted by Gasteiger charge is 2.30. The first-order valence-electron chi connectivity index (χ1n) is 5.49. The predicted octanol–water partition coefficient (Wildman–Crippen LogP) is 1.13. The minimum atomic E-state index is -0.101. The van der Waals surface area contributed by atoms with E-state index >= 15 is 0 Å². The van der Waals surface area contributed by atoms with Gasteiger partial charge in [-0.15, -0.1) is 0 Å². The van der Waals surface area contributed by atoms with Gasteiger partial charge in [-0.25, -0.2) is 0 Å². The van der Waals surface area contributed by atoms with Crippen LogP contribution in [0.4, 0.5) is 5.69 Å². The molecular weight excluding hydrogens is 218 g/mol. The van der Waals surface area contributed by atoms with E-state index in [9.17, 15) is 4.79 Å². The molecular formula is C12H13N3O2. The number of rotatable bonds is 1. The van der Waals surface area contributed by atoms with Crippen molar-refractivity contribution in [2.45, 2.75) is 13.5 Å².